The SMILES string of the molecule is CC(C)OC(=O)N1CCCC(NS(=O)(=O)CC#N)C1Cc1cccc(-c2ccccc2)n1. The first kappa shape index (κ1) is 23.7. The summed E-state index contributed by atoms with van der Waals surface area (Å²) in [6.45, 7) is 4.01. The fraction of sp³-hybridized carbons (Fsp3) is 0.435. The van der Waals surface area contributed by atoms with E-state index in [2.05, 4.69) is 4.72 Å². The number of carbonyl (C=O) groups excluding carboxylic acids is 1. The lowest BCUT2D eigenvalue weighted by molar-refractivity contribution is 0.0459. The minimum absolute atomic E-state index is 0.293. The first-order valence-electron chi connectivity index (χ1n) is 10.6. The van der Waals surface area contributed by atoms with Gasteiger partial charge in [0, 0.05) is 30.3 Å². The topological polar surface area (TPSA) is 112 Å². The van der Waals surface area contributed by atoms with E-state index in [0.717, 1.165) is 17.0 Å². The minimum Gasteiger partial charge on any atom is -0.447 e. The molecule has 2 unspecified atom stereocenters. The molecule has 1 saturated heterocycles. The number of nitrogens with zero attached hydrogens (tertiary/aromatic N) is 3. The summed E-state index contributed by atoms with van der Waals surface area (Å²) in [5.41, 5.74) is 2.52. The van der Waals surface area contributed by atoms with Crippen molar-refractivity contribution in [2.75, 3.05) is 12.3 Å². The predicted molar refractivity (Wildman–Crippen MR) is 121 cm³/mol. The van der Waals surface area contributed by atoms with Gasteiger partial charge in [-0.25, -0.2) is 17.9 Å². The number of carbonyl (C=O) groups is 1. The molecule has 9 heteroatoms. The molecule has 8 nitrogen and oxygen atoms in total. The van der Waals surface area contributed by atoms with Crippen LogP contribution in [0.25, 0.3) is 11.3 Å². The molecule has 0 aliphatic carbocycles. The van der Waals surface area contributed by atoms with Crippen LogP contribution in [0, 0.1) is 11.3 Å². The van der Waals surface area contributed by atoms with Crippen molar-refractivity contribution in [3.8, 4) is 17.3 Å². The Morgan fingerprint density at radius 1 is 1.25 bits per heavy atom. The molecule has 2 atom stereocenters. The zero-order chi connectivity index (χ0) is 23.1. The average Bonchev–Trinajstić information content (AvgIpc) is 2.75. The molecule has 1 fully saturated rings. The number of aromatic nitrogens is 1. The number of amides is 1. The van der Waals surface area contributed by atoms with Gasteiger partial charge in [0.2, 0.25) is 10.0 Å². The molecule has 2 heterocycles. The molecule has 1 aliphatic heterocycles. The molecule has 1 aromatic carbocycles. The smallest absolute Gasteiger partial charge is 0.410 e. The molecule has 2 aromatic rings. The summed E-state index contributed by atoms with van der Waals surface area (Å²) >= 11 is 0. The Hall–Kier alpha value is -2.96. The first-order chi connectivity index (χ1) is 15.3. The van der Waals surface area contributed by atoms with Crippen molar-refractivity contribution in [3.05, 3.63) is 54.2 Å². The van der Waals surface area contributed by atoms with Crippen molar-refractivity contribution in [1.29, 1.82) is 5.26 Å². The number of hydrogen-bond acceptors (Lipinski definition) is 6. The quantitative estimate of drug-likeness (QED) is 0.685. The van der Waals surface area contributed by atoms with Gasteiger partial charge in [-0.2, -0.15) is 5.26 Å². The van der Waals surface area contributed by atoms with Gasteiger partial charge in [0.05, 0.1) is 23.9 Å². The number of benzene rings is 1. The van der Waals surface area contributed by atoms with Crippen molar-refractivity contribution in [1.82, 2.24) is 14.6 Å². The molecular formula is C23H28N4O4S. The molecule has 1 aliphatic rings. The number of ether oxygens (including phenoxy) is 1. The zero-order valence-electron chi connectivity index (χ0n) is 18.3. The Labute approximate surface area is 189 Å². The highest BCUT2D eigenvalue weighted by Gasteiger charge is 2.37. The molecular weight excluding hydrogens is 428 g/mol. The van der Waals surface area contributed by atoms with Crippen LogP contribution in [0.3, 0.4) is 0 Å². The predicted octanol–water partition coefficient (Wildman–Crippen LogP) is 3.11. The van der Waals surface area contributed by atoms with Gasteiger partial charge in [-0.05, 0) is 38.8 Å². The second-order valence-electron chi connectivity index (χ2n) is 8.06. The minimum atomic E-state index is -3.79. The Balaban J connectivity index is 1.90. The van der Waals surface area contributed by atoms with Crippen LogP contribution in [0.5, 0.6) is 0 Å². The van der Waals surface area contributed by atoms with Crippen LogP contribution < -0.4 is 4.72 Å². The van der Waals surface area contributed by atoms with Crippen molar-refractivity contribution < 1.29 is 17.9 Å². The molecule has 0 radical (unpaired) electrons. The maximum absolute atomic E-state index is 12.8. The highest BCUT2D eigenvalue weighted by atomic mass is 32.2. The number of hydrogen-bond donors (Lipinski definition) is 1. The third-order valence-corrected chi connectivity index (χ3v) is 6.40. The summed E-state index contributed by atoms with van der Waals surface area (Å²) in [7, 11) is -3.79. The molecule has 1 N–H and O–H groups in total. The lowest BCUT2D eigenvalue weighted by Crippen LogP contribution is -2.58. The normalized spacial score (nSPS) is 18.9. The molecule has 3 rings (SSSR count). The number of nitriles is 1. The first-order valence-corrected chi connectivity index (χ1v) is 12.3. The standard InChI is InChI=1S/C23H28N4O4S/c1-17(2)31-23(28)27-14-7-12-21(26-32(29,30)15-13-24)22(27)16-19-10-6-11-20(25-19)18-8-4-3-5-9-18/h3-6,8-11,17,21-22,26H,7,12,14-16H2,1-2H3. The van der Waals surface area contributed by atoms with Gasteiger partial charge in [-0.1, -0.05) is 36.4 Å². The number of piperidine rings is 1. The monoisotopic (exact) mass is 456 g/mol. The van der Waals surface area contributed by atoms with Crippen LogP contribution >= 0.6 is 0 Å². The zero-order valence-corrected chi connectivity index (χ0v) is 19.1. The van der Waals surface area contributed by atoms with Gasteiger partial charge in [-0.3, -0.25) is 4.98 Å². The number of rotatable bonds is 7. The lowest BCUT2D eigenvalue weighted by Gasteiger charge is -2.41. The average molecular weight is 457 g/mol. The van der Waals surface area contributed by atoms with Gasteiger partial charge in [0.15, 0.2) is 5.75 Å². The third-order valence-electron chi connectivity index (χ3n) is 5.23. The Morgan fingerprint density at radius 3 is 2.69 bits per heavy atom. The molecule has 1 aromatic heterocycles. The summed E-state index contributed by atoms with van der Waals surface area (Å²) in [6, 6.07) is 16.1. The van der Waals surface area contributed by atoms with Gasteiger partial charge < -0.3 is 9.64 Å². The van der Waals surface area contributed by atoms with Crippen molar-refractivity contribution >= 4 is 16.1 Å². The highest BCUT2D eigenvalue weighted by molar-refractivity contribution is 7.89. The molecule has 0 spiro atoms. The number of pyridine rings is 1. The van der Waals surface area contributed by atoms with Gasteiger partial charge in [0.25, 0.3) is 0 Å². The molecule has 0 bridgehead atoms. The highest BCUT2D eigenvalue weighted by Crippen LogP contribution is 2.24. The van der Waals surface area contributed by atoms with E-state index in [4.69, 9.17) is 15.0 Å². The van der Waals surface area contributed by atoms with E-state index in [1.807, 2.05) is 48.5 Å². The van der Waals surface area contributed by atoms with Crippen LogP contribution in [-0.4, -0.2) is 54.9 Å². The summed E-state index contributed by atoms with van der Waals surface area (Å²) in [6.07, 6.45) is 0.764. The fourth-order valence-electron chi connectivity index (χ4n) is 3.88. The second kappa shape index (κ2) is 10.6. The van der Waals surface area contributed by atoms with Crippen molar-refractivity contribution in [2.24, 2.45) is 0 Å². The summed E-state index contributed by atoms with van der Waals surface area (Å²) < 4.78 is 32.6. The maximum atomic E-state index is 12.8. The number of sulfonamides is 1. The van der Waals surface area contributed by atoms with Gasteiger partial charge in [0.1, 0.15) is 0 Å². The van der Waals surface area contributed by atoms with E-state index >= 15 is 0 Å². The lowest BCUT2D eigenvalue weighted by atomic mass is 9.93. The van der Waals surface area contributed by atoms with Crippen LogP contribution in [0.2, 0.25) is 0 Å². The van der Waals surface area contributed by atoms with Gasteiger partial charge >= 0.3 is 6.09 Å². The van der Waals surface area contributed by atoms with E-state index in [-0.39, 0.29) is 6.10 Å². The largest absolute Gasteiger partial charge is 0.447 e. The molecule has 32 heavy (non-hydrogen) atoms. The molecule has 0 saturated carbocycles. The summed E-state index contributed by atoms with van der Waals surface area (Å²) in [5, 5.41) is 8.85. The van der Waals surface area contributed by atoms with Crippen molar-refractivity contribution in [3.63, 3.8) is 0 Å². The summed E-state index contributed by atoms with van der Waals surface area (Å²) in [5.74, 6) is -0.631. The number of likely N-dealkylation sites (tertiary alicyclic amines) is 1. The van der Waals surface area contributed by atoms with E-state index in [1.165, 1.54) is 0 Å². The Kier molecular flexibility index (Phi) is 7.83. The van der Waals surface area contributed by atoms with Crippen LogP contribution in [0.1, 0.15) is 32.4 Å². The Bertz CT molecular complexity index is 1070. The van der Waals surface area contributed by atoms with Crippen LogP contribution in [0.4, 0.5) is 4.79 Å². The second-order valence-corrected chi connectivity index (χ2v) is 9.82. The van der Waals surface area contributed by atoms with Crippen molar-refractivity contribution in [2.45, 2.75) is 51.3 Å². The van der Waals surface area contributed by atoms with E-state index in [9.17, 15) is 13.2 Å². The maximum Gasteiger partial charge on any atom is 0.410 e. The fourth-order valence-corrected chi connectivity index (χ4v) is 4.87. The van der Waals surface area contributed by atoms with E-state index < -0.39 is 34.0 Å². The van der Waals surface area contributed by atoms with Gasteiger partial charge in [-0.15, -0.1) is 0 Å². The van der Waals surface area contributed by atoms with E-state index in [1.54, 1.807) is 24.8 Å². The number of nitrogens with one attached hydrogen (secondary N) is 1. The van der Waals surface area contributed by atoms with E-state index in [0.29, 0.717) is 25.8 Å². The molecule has 170 valence electrons. The van der Waals surface area contributed by atoms with Crippen LogP contribution in [-0.2, 0) is 21.2 Å². The summed E-state index contributed by atoms with van der Waals surface area (Å²) in [4.78, 5) is 19.1. The van der Waals surface area contributed by atoms with Crippen LogP contribution in [0.15, 0.2) is 48.5 Å². The Morgan fingerprint density at radius 2 is 2.00 bits per heavy atom. The molecule has 1 amide bonds. The third kappa shape index (κ3) is 6.28.